The lowest BCUT2D eigenvalue weighted by atomic mass is 10.1. The minimum atomic E-state index is -0.352. The summed E-state index contributed by atoms with van der Waals surface area (Å²) in [6, 6.07) is 0. The molecule has 4 aromatic heterocycles. The fourth-order valence-corrected chi connectivity index (χ4v) is 3.58. The van der Waals surface area contributed by atoms with Crippen molar-refractivity contribution in [3.05, 3.63) is 21.1 Å². The van der Waals surface area contributed by atoms with Crippen molar-refractivity contribution in [3.8, 4) is 0 Å². The molecule has 4 N–H and O–H groups in total. The van der Waals surface area contributed by atoms with Gasteiger partial charge in [-0.1, -0.05) is 0 Å². The van der Waals surface area contributed by atoms with E-state index < -0.39 is 0 Å². The third kappa shape index (κ3) is 10.3. The summed E-state index contributed by atoms with van der Waals surface area (Å²) < 4.78 is 37.3. The monoisotopic (exact) mass is 722 g/mol. The van der Waals surface area contributed by atoms with Crippen LogP contribution in [0.5, 0.6) is 0 Å². The van der Waals surface area contributed by atoms with Crippen LogP contribution in [-0.4, -0.2) is 110 Å². The molecule has 29 heteroatoms. The van der Waals surface area contributed by atoms with Gasteiger partial charge in [0.15, 0.2) is 0 Å². The highest BCUT2D eigenvalue weighted by atomic mass is 35.5. The van der Waals surface area contributed by atoms with Crippen LogP contribution in [-0.2, 0) is 0 Å². The molecule has 0 amide bonds. The molecular weight excluding hydrogens is 705 g/mol. The van der Waals surface area contributed by atoms with Crippen LogP contribution < -0.4 is 41.2 Å². The summed E-state index contributed by atoms with van der Waals surface area (Å²) in [6.45, 7) is 0. The summed E-state index contributed by atoms with van der Waals surface area (Å²) in [7, 11) is 11.1. The van der Waals surface area contributed by atoms with Gasteiger partial charge in [0.25, 0.3) is 17.8 Å². The maximum Gasteiger partial charge on any atom is 0.395 e. The van der Waals surface area contributed by atoms with Crippen molar-refractivity contribution in [2.75, 3.05) is 76.4 Å². The van der Waals surface area contributed by atoms with Crippen molar-refractivity contribution in [2.45, 2.75) is 0 Å². The highest BCUT2D eigenvalue weighted by molar-refractivity contribution is 6.46. The number of rotatable bonds is 12. The van der Waals surface area contributed by atoms with Crippen LogP contribution in [0.1, 0.15) is 0 Å². The summed E-state index contributed by atoms with van der Waals surface area (Å²) in [5.41, 5.74) is 3.85. The Morgan fingerprint density at radius 3 is 0.913 bits per heavy atom. The second-order valence-electron chi connectivity index (χ2n) is 8.12. The summed E-state index contributed by atoms with van der Waals surface area (Å²) in [6.07, 6.45) is 0. The van der Waals surface area contributed by atoms with Gasteiger partial charge in [0, 0.05) is 7.05 Å². The molecule has 0 unspecified atom stereocenters. The number of aromatic nitrogens is 12. The van der Waals surface area contributed by atoms with Gasteiger partial charge in [-0.05, 0) is 74.6 Å². The molecule has 0 atom stereocenters. The van der Waals surface area contributed by atoms with E-state index in [-0.39, 0.29) is 62.8 Å². The van der Waals surface area contributed by atoms with E-state index in [0.717, 1.165) is 0 Å². The molecule has 4 aromatic rings. The van der Waals surface area contributed by atoms with E-state index in [9.17, 15) is 13.4 Å². The zero-order chi connectivity index (χ0) is 34.0. The summed E-state index contributed by atoms with van der Waals surface area (Å²) in [5.74, 6) is -0.207. The zero-order valence-electron chi connectivity index (χ0n) is 24.0. The Hall–Kier alpha value is -4.48. The first-order valence-corrected chi connectivity index (χ1v) is 13.4. The van der Waals surface area contributed by atoms with Crippen molar-refractivity contribution >= 4 is 109 Å². The van der Waals surface area contributed by atoms with Gasteiger partial charge >= 0.3 is 15.1 Å². The number of nitrogens with zero attached hydrogens (tertiary/aromatic N) is 16. The molecule has 0 aliphatic rings. The first-order valence-electron chi connectivity index (χ1n) is 11.9. The van der Waals surface area contributed by atoms with Crippen LogP contribution >= 0.6 is 46.4 Å². The third-order valence-electron chi connectivity index (χ3n) is 4.82. The Labute approximate surface area is 279 Å². The molecule has 0 bridgehead atoms. The van der Waals surface area contributed by atoms with Crippen LogP contribution in [0.2, 0.25) is 21.1 Å². The lowest BCUT2D eigenvalue weighted by Crippen LogP contribution is -2.39. The SMILES string of the molecule is CN([B]N(C)c1nc(Cl)nc(NF)n1)c1nc(Cl)nc(NF)n1.CNc1nc(Cl)nc(N(C)[B]N(C)c2nc(Cl)nc(NF)n2)n1. The van der Waals surface area contributed by atoms with Gasteiger partial charge in [0.05, 0.1) is 0 Å². The van der Waals surface area contributed by atoms with Crippen LogP contribution in [0.15, 0.2) is 0 Å². The second kappa shape index (κ2) is 16.7. The third-order valence-corrected chi connectivity index (χ3v) is 5.49. The van der Waals surface area contributed by atoms with Gasteiger partial charge in [0.2, 0.25) is 50.9 Å². The van der Waals surface area contributed by atoms with Gasteiger partial charge < -0.3 is 24.6 Å². The molecule has 0 aliphatic carbocycles. The van der Waals surface area contributed by atoms with Crippen molar-refractivity contribution in [2.24, 2.45) is 0 Å². The predicted molar refractivity (Wildman–Crippen MR) is 168 cm³/mol. The normalized spacial score (nSPS) is 10.2. The Bertz CT molecular complexity index is 1390. The maximum absolute atomic E-state index is 12.5. The van der Waals surface area contributed by atoms with E-state index in [1.165, 1.54) is 38.6 Å². The molecular formula is C17H19B2Cl4F3N20. The molecule has 2 radical (unpaired) electrons. The maximum atomic E-state index is 12.5. The van der Waals surface area contributed by atoms with E-state index >= 15 is 0 Å². The number of hydrogen-bond donors (Lipinski definition) is 4. The average Bonchev–Trinajstić information content (AvgIpc) is 3.03. The molecule has 0 saturated carbocycles. The Kier molecular flexibility index (Phi) is 13.1. The molecule has 20 nitrogen and oxygen atoms in total. The van der Waals surface area contributed by atoms with Crippen molar-refractivity contribution in [3.63, 3.8) is 0 Å². The van der Waals surface area contributed by atoms with Crippen LogP contribution in [0.25, 0.3) is 0 Å². The van der Waals surface area contributed by atoms with Crippen LogP contribution in [0.3, 0.4) is 0 Å². The first-order chi connectivity index (χ1) is 21.8. The molecule has 4 heterocycles. The molecule has 46 heavy (non-hydrogen) atoms. The van der Waals surface area contributed by atoms with Crippen LogP contribution in [0.4, 0.5) is 61.0 Å². The van der Waals surface area contributed by atoms with E-state index in [4.69, 9.17) is 46.4 Å². The van der Waals surface area contributed by atoms with E-state index in [1.54, 1.807) is 47.6 Å². The standard InChI is InChI=1S/C9H11BCl2FN10.C8H8BCl2F2N10/c1-14-6-15-4(11)17-8(19-6)22(2)10-23(3)9-18-5(12)16-7(20-9)21-13;1-22(7-16-3(10)14-5(18-7)20-12)9-23(2)8-17-4(11)15-6(19-8)21-13/h1-3H3,(H,14,15,17,19)(H,16,18,20,21);1-2H3,(H,14,16,18,20)(H,15,17,19,21). The molecule has 0 saturated heterocycles. The molecule has 0 fully saturated rings. The van der Waals surface area contributed by atoms with Crippen molar-refractivity contribution in [1.29, 1.82) is 0 Å². The summed E-state index contributed by atoms with van der Waals surface area (Å²) in [5, 5.41) is 2.24. The van der Waals surface area contributed by atoms with Gasteiger partial charge in [-0.3, -0.25) is 0 Å². The van der Waals surface area contributed by atoms with Crippen molar-refractivity contribution in [1.82, 2.24) is 59.8 Å². The highest BCUT2D eigenvalue weighted by Crippen LogP contribution is 2.17. The molecule has 4 rings (SSSR count). The predicted octanol–water partition coefficient (Wildman–Crippen LogP) is 1.87. The summed E-state index contributed by atoms with van der Waals surface area (Å²) >= 11 is 22.9. The summed E-state index contributed by atoms with van der Waals surface area (Å²) in [4.78, 5) is 51.3. The Morgan fingerprint density at radius 2 is 0.674 bits per heavy atom. The minimum Gasteiger partial charge on any atom is -0.370 e. The number of halogens is 7. The molecule has 0 spiro atoms. The Morgan fingerprint density at radius 1 is 0.435 bits per heavy atom. The topological polar surface area (TPSA) is 216 Å². The lowest BCUT2D eigenvalue weighted by Gasteiger charge is -2.22. The Balaban J connectivity index is 0.000000250. The first kappa shape index (κ1) is 36.0. The van der Waals surface area contributed by atoms with Crippen LogP contribution in [0, 0.1) is 0 Å². The molecule has 0 aliphatic heterocycles. The van der Waals surface area contributed by atoms with Gasteiger partial charge in [-0.15, -0.1) is 13.4 Å². The fourth-order valence-electron chi connectivity index (χ4n) is 2.95. The van der Waals surface area contributed by atoms with Crippen molar-refractivity contribution < 1.29 is 13.4 Å². The number of anilines is 8. The fraction of sp³-hybridized carbons (Fsp3) is 0.294. The zero-order valence-corrected chi connectivity index (χ0v) is 27.0. The lowest BCUT2D eigenvalue weighted by molar-refractivity contribution is 0.603. The van der Waals surface area contributed by atoms with E-state index in [1.807, 2.05) is 0 Å². The largest absolute Gasteiger partial charge is 0.395 e. The molecule has 0 aromatic carbocycles. The van der Waals surface area contributed by atoms with Gasteiger partial charge in [-0.2, -0.15) is 76.4 Å². The van der Waals surface area contributed by atoms with E-state index in [0.29, 0.717) is 5.95 Å². The average molecular weight is 724 g/mol. The number of hydrogen-bond acceptors (Lipinski definition) is 20. The quantitative estimate of drug-likeness (QED) is 0.121. The highest BCUT2D eigenvalue weighted by Gasteiger charge is 2.19. The van der Waals surface area contributed by atoms with Gasteiger partial charge in [0.1, 0.15) is 0 Å². The number of nitrogens with one attached hydrogen (secondary N) is 4. The second-order valence-corrected chi connectivity index (χ2v) is 9.47. The molecule has 242 valence electrons. The smallest absolute Gasteiger partial charge is 0.370 e. The van der Waals surface area contributed by atoms with Gasteiger partial charge in [-0.25, -0.2) is 0 Å². The van der Waals surface area contributed by atoms with E-state index in [2.05, 4.69) is 65.1 Å². The minimum absolute atomic E-state index is 0.0365.